The maximum Gasteiger partial charge on any atom is 0.268 e. The van der Waals surface area contributed by atoms with Crippen LogP contribution in [0.4, 0.5) is 0 Å². The molecule has 6 nitrogen and oxygen atoms in total. The van der Waals surface area contributed by atoms with Gasteiger partial charge in [-0.15, -0.1) is 16.4 Å². The normalized spacial score (nSPS) is 11.4. The highest BCUT2D eigenvalue weighted by atomic mass is 32.1. The Morgan fingerprint density at radius 3 is 2.91 bits per heavy atom. The first-order valence-corrected chi connectivity index (χ1v) is 7.80. The molecule has 0 bridgehead atoms. The lowest BCUT2D eigenvalue weighted by molar-refractivity contribution is 0.433. The first-order valence-electron chi connectivity index (χ1n) is 6.99. The van der Waals surface area contributed by atoms with E-state index in [4.69, 9.17) is 4.52 Å². The van der Waals surface area contributed by atoms with Crippen molar-refractivity contribution in [1.29, 1.82) is 0 Å². The van der Waals surface area contributed by atoms with Gasteiger partial charge >= 0.3 is 0 Å². The zero-order chi connectivity index (χ0) is 15.1. The lowest BCUT2D eigenvalue weighted by Gasteiger charge is -1.98. The summed E-state index contributed by atoms with van der Waals surface area (Å²) < 4.78 is 7.23. The number of fused-ring (bicyclic) bond motifs is 1. The molecule has 110 valence electrons. The van der Waals surface area contributed by atoms with Crippen molar-refractivity contribution in [1.82, 2.24) is 25.1 Å². The molecule has 0 aliphatic rings. The van der Waals surface area contributed by atoms with Gasteiger partial charge in [-0.1, -0.05) is 10.4 Å². The summed E-state index contributed by atoms with van der Waals surface area (Å²) in [7, 11) is 0. The van der Waals surface area contributed by atoms with Crippen LogP contribution in [0, 0.1) is 6.92 Å². The largest absolute Gasteiger partial charge is 0.333 e. The second kappa shape index (κ2) is 5.03. The van der Waals surface area contributed by atoms with Gasteiger partial charge in [0, 0.05) is 17.0 Å². The Labute approximate surface area is 130 Å². The summed E-state index contributed by atoms with van der Waals surface area (Å²) in [4.78, 5) is 6.69. The van der Waals surface area contributed by atoms with Crippen molar-refractivity contribution in [3.05, 3.63) is 35.2 Å². The predicted octanol–water partition coefficient (Wildman–Crippen LogP) is 3.54. The number of hydrogen-bond donors (Lipinski definition) is 0. The molecule has 0 saturated carbocycles. The number of aromatic nitrogens is 5. The zero-order valence-electron chi connectivity index (χ0n) is 12.1. The molecule has 4 aromatic rings. The van der Waals surface area contributed by atoms with Crippen LogP contribution in [0.5, 0.6) is 0 Å². The molecule has 0 atom stereocenters. The first-order chi connectivity index (χ1) is 10.7. The lowest BCUT2D eigenvalue weighted by Crippen LogP contribution is -1.96. The van der Waals surface area contributed by atoms with Gasteiger partial charge in [-0.2, -0.15) is 4.98 Å². The summed E-state index contributed by atoms with van der Waals surface area (Å²) >= 11 is 1.64. The maximum atomic E-state index is 5.38. The van der Waals surface area contributed by atoms with E-state index in [9.17, 15) is 0 Å². The van der Waals surface area contributed by atoms with Crippen molar-refractivity contribution in [3.63, 3.8) is 0 Å². The topological polar surface area (TPSA) is 69.6 Å². The van der Waals surface area contributed by atoms with E-state index in [0.717, 1.165) is 28.0 Å². The van der Waals surface area contributed by atoms with Crippen LogP contribution in [-0.2, 0) is 6.54 Å². The third-order valence-electron chi connectivity index (χ3n) is 3.45. The second-order valence-corrected chi connectivity index (χ2v) is 6.23. The molecule has 0 aliphatic heterocycles. The minimum Gasteiger partial charge on any atom is -0.333 e. The summed E-state index contributed by atoms with van der Waals surface area (Å²) in [6, 6.07) is 9.89. The van der Waals surface area contributed by atoms with Crippen LogP contribution in [0.1, 0.15) is 11.8 Å². The minimum absolute atomic E-state index is 0.551. The van der Waals surface area contributed by atoms with Crippen LogP contribution in [0.3, 0.4) is 0 Å². The lowest BCUT2D eigenvalue weighted by atomic mass is 10.2. The predicted molar refractivity (Wildman–Crippen MR) is 84.5 cm³/mol. The molecule has 0 aliphatic carbocycles. The highest BCUT2D eigenvalue weighted by molar-refractivity contribution is 7.15. The Balaban J connectivity index is 1.77. The molecule has 0 N–H and O–H groups in total. The van der Waals surface area contributed by atoms with E-state index in [-0.39, 0.29) is 0 Å². The third kappa shape index (κ3) is 2.10. The van der Waals surface area contributed by atoms with E-state index in [1.54, 1.807) is 11.3 Å². The average molecular weight is 311 g/mol. The van der Waals surface area contributed by atoms with Crippen molar-refractivity contribution in [2.24, 2.45) is 0 Å². The van der Waals surface area contributed by atoms with Gasteiger partial charge in [0.25, 0.3) is 5.89 Å². The highest BCUT2D eigenvalue weighted by Gasteiger charge is 2.13. The van der Waals surface area contributed by atoms with Crippen LogP contribution in [-0.4, -0.2) is 25.1 Å². The molecule has 22 heavy (non-hydrogen) atoms. The Morgan fingerprint density at radius 2 is 2.14 bits per heavy atom. The Morgan fingerprint density at radius 1 is 1.23 bits per heavy atom. The molecule has 0 fully saturated rings. The van der Waals surface area contributed by atoms with Crippen LogP contribution in [0.2, 0.25) is 0 Å². The van der Waals surface area contributed by atoms with Crippen LogP contribution >= 0.6 is 11.3 Å². The summed E-state index contributed by atoms with van der Waals surface area (Å²) in [5, 5.41) is 12.3. The SMILES string of the molecule is CCn1nnc2ccc(-c3noc(-c4ccc(C)s4)n3)cc21. The van der Waals surface area contributed by atoms with Gasteiger partial charge in [-0.25, -0.2) is 4.68 Å². The fourth-order valence-electron chi connectivity index (χ4n) is 2.33. The molecular formula is C15H13N5OS. The number of thiophene rings is 1. The van der Waals surface area contributed by atoms with Crippen molar-refractivity contribution >= 4 is 22.4 Å². The van der Waals surface area contributed by atoms with E-state index >= 15 is 0 Å². The fourth-order valence-corrected chi connectivity index (χ4v) is 3.12. The number of hydrogen-bond acceptors (Lipinski definition) is 6. The molecule has 1 aromatic carbocycles. The summed E-state index contributed by atoms with van der Waals surface area (Å²) in [5.41, 5.74) is 2.73. The van der Waals surface area contributed by atoms with Gasteiger partial charge in [-0.05, 0) is 44.2 Å². The molecule has 7 heteroatoms. The number of nitrogens with zero attached hydrogens (tertiary/aromatic N) is 5. The van der Waals surface area contributed by atoms with Gasteiger partial charge < -0.3 is 4.52 Å². The van der Waals surface area contributed by atoms with E-state index in [2.05, 4.69) is 27.4 Å². The minimum atomic E-state index is 0.551. The van der Waals surface area contributed by atoms with Gasteiger partial charge in [0.1, 0.15) is 5.52 Å². The molecular weight excluding hydrogens is 298 g/mol. The standard InChI is InChI=1S/C15H13N5OS/c1-3-20-12-8-10(5-6-11(12)17-19-20)14-16-15(21-18-14)13-7-4-9(2)22-13/h4-8H,3H2,1-2H3. The van der Waals surface area contributed by atoms with Crippen molar-refractivity contribution in [2.45, 2.75) is 20.4 Å². The van der Waals surface area contributed by atoms with Crippen LogP contribution in [0.25, 0.3) is 33.2 Å². The molecule has 0 saturated heterocycles. The number of benzene rings is 1. The van der Waals surface area contributed by atoms with E-state index in [1.807, 2.05) is 41.9 Å². The Bertz CT molecular complexity index is 952. The quantitative estimate of drug-likeness (QED) is 0.579. The molecule has 4 rings (SSSR count). The summed E-state index contributed by atoms with van der Waals surface area (Å²) in [6.07, 6.45) is 0. The van der Waals surface area contributed by atoms with Crippen molar-refractivity contribution < 1.29 is 4.52 Å². The molecule has 3 aromatic heterocycles. The van der Waals surface area contributed by atoms with Crippen LogP contribution < -0.4 is 0 Å². The summed E-state index contributed by atoms with van der Waals surface area (Å²) in [5.74, 6) is 1.13. The van der Waals surface area contributed by atoms with E-state index in [0.29, 0.717) is 11.7 Å². The molecule has 3 heterocycles. The molecule has 0 radical (unpaired) electrons. The fraction of sp³-hybridized carbons (Fsp3) is 0.200. The van der Waals surface area contributed by atoms with Crippen LogP contribution in [0.15, 0.2) is 34.9 Å². The van der Waals surface area contributed by atoms with Gasteiger partial charge in [-0.3, -0.25) is 0 Å². The number of rotatable bonds is 3. The highest BCUT2D eigenvalue weighted by Crippen LogP contribution is 2.28. The maximum absolute atomic E-state index is 5.38. The third-order valence-corrected chi connectivity index (χ3v) is 4.44. The van der Waals surface area contributed by atoms with Gasteiger partial charge in [0.15, 0.2) is 0 Å². The second-order valence-electron chi connectivity index (χ2n) is 4.94. The van der Waals surface area contributed by atoms with Gasteiger partial charge in [0.05, 0.1) is 10.4 Å². The molecule has 0 amide bonds. The smallest absolute Gasteiger partial charge is 0.268 e. The van der Waals surface area contributed by atoms with Gasteiger partial charge in [0.2, 0.25) is 5.82 Å². The van der Waals surface area contributed by atoms with E-state index < -0.39 is 0 Å². The zero-order valence-corrected chi connectivity index (χ0v) is 13.0. The average Bonchev–Trinajstić information content (AvgIpc) is 3.24. The first kappa shape index (κ1) is 13.1. The Kier molecular flexibility index (Phi) is 3.00. The molecule has 0 unspecified atom stereocenters. The Hall–Kier alpha value is -2.54. The van der Waals surface area contributed by atoms with Crippen molar-refractivity contribution in [2.75, 3.05) is 0 Å². The molecule has 0 spiro atoms. The number of aryl methyl sites for hydroxylation is 2. The summed E-state index contributed by atoms with van der Waals surface area (Å²) in [6.45, 7) is 4.86. The van der Waals surface area contributed by atoms with E-state index in [1.165, 1.54) is 4.88 Å². The monoisotopic (exact) mass is 311 g/mol. The van der Waals surface area contributed by atoms with Crippen molar-refractivity contribution in [3.8, 4) is 22.2 Å².